The van der Waals surface area contributed by atoms with Gasteiger partial charge in [0, 0.05) is 19.0 Å². The molecule has 1 aromatic rings. The minimum absolute atomic E-state index is 0.0335. The van der Waals surface area contributed by atoms with Gasteiger partial charge in [0.1, 0.15) is 0 Å². The number of carbonyl (C=O) groups excluding carboxylic acids is 1. The molecule has 2 heterocycles. The first-order valence-corrected chi connectivity index (χ1v) is 8.05. The smallest absolute Gasteiger partial charge is 0.237 e. The molecule has 0 bridgehead atoms. The van der Waals surface area contributed by atoms with Gasteiger partial charge in [-0.05, 0) is 38.5 Å². The third kappa shape index (κ3) is 3.61. The standard InChI is InChI=1S/C15H24N4O2/c1-10-17-14(21-19-10)8-9-16-15(20)13-7-6-11-4-2-3-5-12(11)18-13/h11-13,18H,2-9H2,1H3,(H,16,20). The van der Waals surface area contributed by atoms with Crippen molar-refractivity contribution in [1.29, 1.82) is 0 Å². The second-order valence-electron chi connectivity index (χ2n) is 6.22. The normalized spacial score (nSPS) is 28.9. The molecule has 1 saturated carbocycles. The molecule has 2 N–H and O–H groups in total. The van der Waals surface area contributed by atoms with Gasteiger partial charge in [-0.1, -0.05) is 18.0 Å². The SMILES string of the molecule is Cc1noc(CCNC(=O)C2CCC3CCCCC3N2)n1. The van der Waals surface area contributed by atoms with Crippen LogP contribution >= 0.6 is 0 Å². The lowest BCUT2D eigenvalue weighted by Crippen LogP contribution is -2.55. The Labute approximate surface area is 125 Å². The van der Waals surface area contributed by atoms with Crippen LogP contribution in [0.4, 0.5) is 0 Å². The fraction of sp³-hybridized carbons (Fsp3) is 0.800. The van der Waals surface area contributed by atoms with Gasteiger partial charge in [0.05, 0.1) is 6.04 Å². The van der Waals surface area contributed by atoms with Gasteiger partial charge in [-0.3, -0.25) is 4.79 Å². The molecular formula is C15H24N4O2. The van der Waals surface area contributed by atoms with Crippen LogP contribution < -0.4 is 10.6 Å². The Balaban J connectivity index is 1.43. The van der Waals surface area contributed by atoms with E-state index in [2.05, 4.69) is 20.8 Å². The molecule has 3 atom stereocenters. The summed E-state index contributed by atoms with van der Waals surface area (Å²) in [7, 11) is 0. The van der Waals surface area contributed by atoms with Crippen molar-refractivity contribution in [2.24, 2.45) is 5.92 Å². The minimum atomic E-state index is -0.0335. The number of fused-ring (bicyclic) bond motifs is 1. The highest BCUT2D eigenvalue weighted by molar-refractivity contribution is 5.81. The topological polar surface area (TPSA) is 80.0 Å². The monoisotopic (exact) mass is 292 g/mol. The first-order chi connectivity index (χ1) is 10.2. The highest BCUT2D eigenvalue weighted by Crippen LogP contribution is 2.32. The Kier molecular flexibility index (Phi) is 4.53. The van der Waals surface area contributed by atoms with E-state index in [1.54, 1.807) is 6.92 Å². The molecular weight excluding hydrogens is 268 g/mol. The maximum Gasteiger partial charge on any atom is 0.237 e. The van der Waals surface area contributed by atoms with Crippen molar-refractivity contribution >= 4 is 5.91 Å². The molecule has 6 nitrogen and oxygen atoms in total. The molecule has 1 saturated heterocycles. The van der Waals surface area contributed by atoms with Crippen LogP contribution in [0.3, 0.4) is 0 Å². The average molecular weight is 292 g/mol. The summed E-state index contributed by atoms with van der Waals surface area (Å²) in [5.74, 6) is 2.10. The quantitative estimate of drug-likeness (QED) is 0.875. The van der Waals surface area contributed by atoms with E-state index in [0.717, 1.165) is 12.3 Å². The zero-order valence-electron chi connectivity index (χ0n) is 12.6. The van der Waals surface area contributed by atoms with Crippen molar-refractivity contribution < 1.29 is 9.32 Å². The van der Waals surface area contributed by atoms with E-state index in [-0.39, 0.29) is 11.9 Å². The first-order valence-electron chi connectivity index (χ1n) is 8.05. The molecule has 1 aromatic heterocycles. The Hall–Kier alpha value is -1.43. The van der Waals surface area contributed by atoms with Gasteiger partial charge in [-0.2, -0.15) is 4.98 Å². The molecule has 116 valence electrons. The van der Waals surface area contributed by atoms with E-state index >= 15 is 0 Å². The van der Waals surface area contributed by atoms with Crippen molar-refractivity contribution in [3.05, 3.63) is 11.7 Å². The summed E-state index contributed by atoms with van der Waals surface area (Å²) in [6.07, 6.45) is 7.90. The summed E-state index contributed by atoms with van der Waals surface area (Å²) in [6, 6.07) is 0.510. The van der Waals surface area contributed by atoms with E-state index in [9.17, 15) is 4.79 Å². The zero-order valence-corrected chi connectivity index (χ0v) is 12.6. The number of amides is 1. The van der Waals surface area contributed by atoms with Crippen LogP contribution in [-0.2, 0) is 11.2 Å². The number of nitrogens with zero attached hydrogens (tertiary/aromatic N) is 2. The lowest BCUT2D eigenvalue weighted by atomic mass is 9.77. The summed E-state index contributed by atoms with van der Waals surface area (Å²) in [5, 5.41) is 10.3. The average Bonchev–Trinajstić information content (AvgIpc) is 2.92. The third-order valence-corrected chi connectivity index (χ3v) is 4.67. The molecule has 2 aliphatic rings. The second kappa shape index (κ2) is 6.56. The third-order valence-electron chi connectivity index (χ3n) is 4.67. The molecule has 21 heavy (non-hydrogen) atoms. The summed E-state index contributed by atoms with van der Waals surface area (Å²) in [4.78, 5) is 16.4. The number of aromatic nitrogens is 2. The van der Waals surface area contributed by atoms with Gasteiger partial charge in [-0.15, -0.1) is 0 Å². The number of piperidine rings is 1. The highest BCUT2D eigenvalue weighted by atomic mass is 16.5. The van der Waals surface area contributed by atoms with E-state index in [1.807, 2.05) is 0 Å². The molecule has 1 aliphatic carbocycles. The lowest BCUT2D eigenvalue weighted by molar-refractivity contribution is -0.124. The minimum Gasteiger partial charge on any atom is -0.354 e. The van der Waals surface area contributed by atoms with E-state index in [4.69, 9.17) is 4.52 Å². The largest absolute Gasteiger partial charge is 0.354 e. The summed E-state index contributed by atoms with van der Waals surface area (Å²) in [5.41, 5.74) is 0. The fourth-order valence-electron chi connectivity index (χ4n) is 3.56. The maximum absolute atomic E-state index is 12.2. The van der Waals surface area contributed by atoms with Gasteiger partial charge in [0.15, 0.2) is 5.82 Å². The Morgan fingerprint density at radius 1 is 1.33 bits per heavy atom. The van der Waals surface area contributed by atoms with Crippen molar-refractivity contribution in [3.8, 4) is 0 Å². The van der Waals surface area contributed by atoms with Crippen LogP contribution in [0.2, 0.25) is 0 Å². The molecule has 0 spiro atoms. The predicted octanol–water partition coefficient (Wildman–Crippen LogP) is 1.35. The molecule has 1 aliphatic heterocycles. The van der Waals surface area contributed by atoms with Crippen LogP contribution in [0.15, 0.2) is 4.52 Å². The Morgan fingerprint density at radius 2 is 2.19 bits per heavy atom. The maximum atomic E-state index is 12.2. The van der Waals surface area contributed by atoms with Gasteiger partial charge in [-0.25, -0.2) is 0 Å². The van der Waals surface area contributed by atoms with Gasteiger partial charge >= 0.3 is 0 Å². The molecule has 0 radical (unpaired) electrons. The summed E-state index contributed by atoms with van der Waals surface area (Å²) >= 11 is 0. The number of hydrogen-bond donors (Lipinski definition) is 2. The molecule has 3 unspecified atom stereocenters. The van der Waals surface area contributed by atoms with E-state index in [0.29, 0.717) is 30.7 Å². The van der Waals surface area contributed by atoms with Crippen LogP contribution in [0, 0.1) is 12.8 Å². The van der Waals surface area contributed by atoms with E-state index in [1.165, 1.54) is 32.1 Å². The first kappa shape index (κ1) is 14.5. The molecule has 3 rings (SSSR count). The van der Waals surface area contributed by atoms with Gasteiger partial charge in [0.25, 0.3) is 0 Å². The summed E-state index contributed by atoms with van der Waals surface area (Å²) < 4.78 is 5.03. The molecule has 6 heteroatoms. The number of nitrogens with one attached hydrogen (secondary N) is 2. The summed E-state index contributed by atoms with van der Waals surface area (Å²) in [6.45, 7) is 2.34. The van der Waals surface area contributed by atoms with Crippen LogP contribution in [0.1, 0.15) is 50.2 Å². The molecule has 2 fully saturated rings. The fourth-order valence-corrected chi connectivity index (χ4v) is 3.56. The Morgan fingerprint density at radius 3 is 3.00 bits per heavy atom. The van der Waals surface area contributed by atoms with Crippen molar-refractivity contribution in [3.63, 3.8) is 0 Å². The second-order valence-corrected chi connectivity index (χ2v) is 6.22. The number of hydrogen-bond acceptors (Lipinski definition) is 5. The zero-order chi connectivity index (χ0) is 14.7. The van der Waals surface area contributed by atoms with Crippen LogP contribution in [-0.4, -0.2) is 34.7 Å². The van der Waals surface area contributed by atoms with Gasteiger partial charge < -0.3 is 15.2 Å². The molecule has 1 amide bonds. The van der Waals surface area contributed by atoms with Crippen molar-refractivity contribution in [2.75, 3.05) is 6.54 Å². The number of rotatable bonds is 4. The van der Waals surface area contributed by atoms with Crippen molar-refractivity contribution in [1.82, 2.24) is 20.8 Å². The van der Waals surface area contributed by atoms with E-state index < -0.39 is 0 Å². The highest BCUT2D eigenvalue weighted by Gasteiger charge is 2.34. The van der Waals surface area contributed by atoms with Crippen LogP contribution in [0.25, 0.3) is 0 Å². The van der Waals surface area contributed by atoms with Crippen molar-refractivity contribution in [2.45, 2.75) is 64.0 Å². The predicted molar refractivity (Wildman–Crippen MR) is 77.7 cm³/mol. The van der Waals surface area contributed by atoms with Gasteiger partial charge in [0.2, 0.25) is 11.8 Å². The number of aryl methyl sites for hydroxylation is 1. The van der Waals surface area contributed by atoms with Crippen LogP contribution in [0.5, 0.6) is 0 Å². The lowest BCUT2D eigenvalue weighted by Gasteiger charge is -2.39. The number of carbonyl (C=O) groups is 1. The Bertz CT molecular complexity index is 488. The molecule has 0 aromatic carbocycles.